The molecule has 0 radical (unpaired) electrons. The summed E-state index contributed by atoms with van der Waals surface area (Å²) in [4.78, 5) is 38.6. The van der Waals surface area contributed by atoms with Crippen LogP contribution in [0.3, 0.4) is 0 Å². The van der Waals surface area contributed by atoms with Gasteiger partial charge in [0.1, 0.15) is 11.6 Å². The second-order valence-corrected chi connectivity index (χ2v) is 4.35. The van der Waals surface area contributed by atoms with E-state index in [1.165, 1.54) is 7.05 Å². The van der Waals surface area contributed by atoms with E-state index in [0.717, 1.165) is 17.2 Å². The summed E-state index contributed by atoms with van der Waals surface area (Å²) < 4.78 is 13.9. The van der Waals surface area contributed by atoms with Gasteiger partial charge in [0.2, 0.25) is 5.91 Å². The number of carboxylic acids is 1. The van der Waals surface area contributed by atoms with Crippen molar-refractivity contribution in [2.75, 3.05) is 12.4 Å². The Kier molecular flexibility index (Phi) is 3.64. The standard InChI is InChI=1S/C12H12FN3O4/c1-16-8(17)3-2-7(11(16)18)15-10-9(13)6(12(19)20)4-5-14-10/h4-5,7H,2-3H2,1H3,(H,14,15)(H,19,20). The zero-order valence-corrected chi connectivity index (χ0v) is 10.6. The number of likely N-dealkylation sites (tertiary alicyclic amines) is 1. The van der Waals surface area contributed by atoms with E-state index in [9.17, 15) is 18.8 Å². The SMILES string of the molecule is CN1C(=O)CCC(Nc2nccc(C(=O)O)c2F)C1=O. The van der Waals surface area contributed by atoms with Gasteiger partial charge in [-0.1, -0.05) is 0 Å². The van der Waals surface area contributed by atoms with Crippen LogP contribution in [0.2, 0.25) is 0 Å². The largest absolute Gasteiger partial charge is 0.478 e. The van der Waals surface area contributed by atoms with E-state index in [0.29, 0.717) is 0 Å². The van der Waals surface area contributed by atoms with Gasteiger partial charge in [-0.05, 0) is 12.5 Å². The van der Waals surface area contributed by atoms with Crippen molar-refractivity contribution in [1.82, 2.24) is 9.88 Å². The van der Waals surface area contributed by atoms with Crippen molar-refractivity contribution in [3.05, 3.63) is 23.6 Å². The number of imide groups is 1. The molecule has 106 valence electrons. The van der Waals surface area contributed by atoms with Gasteiger partial charge >= 0.3 is 5.97 Å². The summed E-state index contributed by atoms with van der Waals surface area (Å²) >= 11 is 0. The fourth-order valence-electron chi connectivity index (χ4n) is 1.92. The number of hydrogen-bond donors (Lipinski definition) is 2. The molecule has 0 aromatic carbocycles. The highest BCUT2D eigenvalue weighted by Crippen LogP contribution is 2.20. The van der Waals surface area contributed by atoms with Gasteiger partial charge in [-0.2, -0.15) is 0 Å². The van der Waals surface area contributed by atoms with Gasteiger partial charge < -0.3 is 10.4 Å². The highest BCUT2D eigenvalue weighted by Gasteiger charge is 2.32. The van der Waals surface area contributed by atoms with Crippen molar-refractivity contribution in [2.24, 2.45) is 0 Å². The van der Waals surface area contributed by atoms with Crippen molar-refractivity contribution in [1.29, 1.82) is 0 Å². The van der Waals surface area contributed by atoms with Crippen LogP contribution in [0, 0.1) is 5.82 Å². The Labute approximate surface area is 113 Å². The number of aromatic nitrogens is 1. The Morgan fingerprint density at radius 3 is 2.90 bits per heavy atom. The molecule has 1 aliphatic rings. The number of carbonyl (C=O) groups is 3. The average molecular weight is 281 g/mol. The highest BCUT2D eigenvalue weighted by molar-refractivity contribution is 6.01. The third-order valence-corrected chi connectivity index (χ3v) is 3.08. The van der Waals surface area contributed by atoms with Crippen LogP contribution in [0.25, 0.3) is 0 Å². The van der Waals surface area contributed by atoms with E-state index in [2.05, 4.69) is 10.3 Å². The number of carboxylic acid groups (broad SMARTS) is 1. The number of pyridine rings is 1. The smallest absolute Gasteiger partial charge is 0.338 e. The maximum atomic E-state index is 13.9. The van der Waals surface area contributed by atoms with Gasteiger partial charge in [0.15, 0.2) is 11.6 Å². The van der Waals surface area contributed by atoms with Crippen LogP contribution < -0.4 is 5.32 Å². The normalized spacial score (nSPS) is 19.1. The van der Waals surface area contributed by atoms with E-state index in [-0.39, 0.29) is 24.6 Å². The lowest BCUT2D eigenvalue weighted by atomic mass is 10.0. The van der Waals surface area contributed by atoms with Gasteiger partial charge in [-0.25, -0.2) is 14.2 Å². The Balaban J connectivity index is 2.23. The predicted octanol–water partition coefficient (Wildman–Crippen LogP) is 0.478. The molecule has 1 aromatic rings. The van der Waals surface area contributed by atoms with E-state index < -0.39 is 29.3 Å². The predicted molar refractivity (Wildman–Crippen MR) is 65.6 cm³/mol. The summed E-state index contributed by atoms with van der Waals surface area (Å²) in [6.45, 7) is 0. The lowest BCUT2D eigenvalue weighted by Gasteiger charge is -2.28. The first-order valence-corrected chi connectivity index (χ1v) is 5.86. The molecule has 2 amide bonds. The molecule has 1 aliphatic heterocycles. The van der Waals surface area contributed by atoms with Crippen molar-refractivity contribution in [2.45, 2.75) is 18.9 Å². The molecule has 0 aliphatic carbocycles. The molecule has 2 rings (SSSR count). The van der Waals surface area contributed by atoms with E-state index in [1.54, 1.807) is 0 Å². The molecule has 1 atom stereocenters. The number of nitrogens with one attached hydrogen (secondary N) is 1. The monoisotopic (exact) mass is 281 g/mol. The van der Waals surface area contributed by atoms with E-state index in [4.69, 9.17) is 5.11 Å². The van der Waals surface area contributed by atoms with Crippen LogP contribution in [0.5, 0.6) is 0 Å². The number of piperidine rings is 1. The number of rotatable bonds is 3. The minimum absolute atomic E-state index is 0.153. The molecule has 1 aromatic heterocycles. The van der Waals surface area contributed by atoms with Crippen LogP contribution in [-0.2, 0) is 9.59 Å². The minimum atomic E-state index is -1.42. The number of likely N-dealkylation sites (N-methyl/N-ethyl adjacent to an activating group) is 1. The first-order chi connectivity index (χ1) is 9.41. The molecule has 1 unspecified atom stereocenters. The molecule has 0 bridgehead atoms. The fourth-order valence-corrected chi connectivity index (χ4v) is 1.92. The quantitative estimate of drug-likeness (QED) is 0.782. The summed E-state index contributed by atoms with van der Waals surface area (Å²) in [5.74, 6) is -3.57. The summed E-state index contributed by atoms with van der Waals surface area (Å²) in [7, 11) is 1.34. The Morgan fingerprint density at radius 2 is 2.25 bits per heavy atom. The fraction of sp³-hybridized carbons (Fsp3) is 0.333. The number of anilines is 1. The minimum Gasteiger partial charge on any atom is -0.478 e. The van der Waals surface area contributed by atoms with Crippen molar-refractivity contribution in [3.63, 3.8) is 0 Å². The maximum Gasteiger partial charge on any atom is 0.338 e. The van der Waals surface area contributed by atoms with Crippen LogP contribution in [0.15, 0.2) is 12.3 Å². The molecule has 2 heterocycles. The number of halogens is 1. The molecule has 7 nitrogen and oxygen atoms in total. The van der Waals surface area contributed by atoms with Gasteiger partial charge in [0.05, 0.1) is 0 Å². The number of carbonyl (C=O) groups excluding carboxylic acids is 2. The number of nitrogens with zero attached hydrogens (tertiary/aromatic N) is 2. The van der Waals surface area contributed by atoms with E-state index >= 15 is 0 Å². The Bertz CT molecular complexity index is 590. The van der Waals surface area contributed by atoms with Crippen LogP contribution >= 0.6 is 0 Å². The zero-order chi connectivity index (χ0) is 14.9. The molecule has 2 N–H and O–H groups in total. The summed E-state index contributed by atoms with van der Waals surface area (Å²) in [6.07, 6.45) is 1.50. The lowest BCUT2D eigenvalue weighted by molar-refractivity contribution is -0.146. The number of hydrogen-bond acceptors (Lipinski definition) is 5. The maximum absolute atomic E-state index is 13.9. The number of amides is 2. The molecule has 8 heteroatoms. The van der Waals surface area contributed by atoms with E-state index in [1.807, 2.05) is 0 Å². The molecule has 0 saturated carbocycles. The second-order valence-electron chi connectivity index (χ2n) is 4.35. The topological polar surface area (TPSA) is 99.6 Å². The summed E-state index contributed by atoms with van der Waals surface area (Å²) in [5.41, 5.74) is -0.532. The van der Waals surface area contributed by atoms with Crippen molar-refractivity contribution < 1.29 is 23.9 Å². The Morgan fingerprint density at radius 1 is 1.55 bits per heavy atom. The van der Waals surface area contributed by atoms with Crippen LogP contribution in [0.1, 0.15) is 23.2 Å². The second kappa shape index (κ2) is 5.24. The molecule has 0 spiro atoms. The summed E-state index contributed by atoms with van der Waals surface area (Å²) in [5, 5.41) is 11.4. The molecule has 20 heavy (non-hydrogen) atoms. The average Bonchev–Trinajstić information content (AvgIpc) is 2.41. The Hall–Kier alpha value is -2.51. The lowest BCUT2D eigenvalue weighted by Crippen LogP contribution is -2.48. The highest BCUT2D eigenvalue weighted by atomic mass is 19.1. The number of aromatic carboxylic acids is 1. The zero-order valence-electron chi connectivity index (χ0n) is 10.6. The van der Waals surface area contributed by atoms with Gasteiger partial charge in [0, 0.05) is 19.7 Å². The van der Waals surface area contributed by atoms with Crippen molar-refractivity contribution >= 4 is 23.6 Å². The first-order valence-electron chi connectivity index (χ1n) is 5.86. The molecule has 1 saturated heterocycles. The van der Waals surface area contributed by atoms with Gasteiger partial charge in [0.25, 0.3) is 5.91 Å². The van der Waals surface area contributed by atoms with Crippen LogP contribution in [-0.4, -0.2) is 45.9 Å². The molecular weight excluding hydrogens is 269 g/mol. The van der Waals surface area contributed by atoms with Crippen LogP contribution in [0.4, 0.5) is 10.2 Å². The molecule has 1 fully saturated rings. The third-order valence-electron chi connectivity index (χ3n) is 3.08. The van der Waals surface area contributed by atoms with Gasteiger partial charge in [-0.15, -0.1) is 0 Å². The first kappa shape index (κ1) is 13.9. The van der Waals surface area contributed by atoms with Crippen molar-refractivity contribution in [3.8, 4) is 0 Å². The molecular formula is C12H12FN3O4. The summed E-state index contributed by atoms with van der Waals surface area (Å²) in [6, 6.07) is 0.227. The third kappa shape index (κ3) is 2.44. The van der Waals surface area contributed by atoms with Gasteiger partial charge in [-0.3, -0.25) is 14.5 Å².